The molecule has 2 aromatic rings. The predicted octanol–water partition coefficient (Wildman–Crippen LogP) is 2.86. The van der Waals surface area contributed by atoms with E-state index in [0.717, 1.165) is 11.4 Å². The summed E-state index contributed by atoms with van der Waals surface area (Å²) < 4.78 is 18.1. The van der Waals surface area contributed by atoms with Crippen LogP contribution in [-0.2, 0) is 0 Å². The number of thiocarbonyl (C=S) groups is 1. The molecule has 0 saturated heterocycles. The van der Waals surface area contributed by atoms with Crippen LogP contribution >= 0.6 is 12.2 Å². The summed E-state index contributed by atoms with van der Waals surface area (Å²) in [6, 6.07) is 12.4. The average Bonchev–Trinajstić information content (AvgIpc) is 2.55. The van der Waals surface area contributed by atoms with Gasteiger partial charge in [0.05, 0.1) is 6.61 Å². The molecular weight excluding hydrogens is 317 g/mol. The zero-order chi connectivity index (χ0) is 16.7. The Morgan fingerprint density at radius 3 is 2.35 bits per heavy atom. The minimum absolute atomic E-state index is 0.227. The van der Waals surface area contributed by atoms with Crippen LogP contribution in [0.3, 0.4) is 0 Å². The Labute approximate surface area is 138 Å². The van der Waals surface area contributed by atoms with Crippen molar-refractivity contribution in [2.75, 3.05) is 11.9 Å². The van der Waals surface area contributed by atoms with Crippen LogP contribution in [0.5, 0.6) is 5.75 Å². The smallest absolute Gasteiger partial charge is 0.269 e. The summed E-state index contributed by atoms with van der Waals surface area (Å²) in [7, 11) is 0. The lowest BCUT2D eigenvalue weighted by atomic mass is 10.2. The highest BCUT2D eigenvalue weighted by Gasteiger charge is 2.06. The van der Waals surface area contributed by atoms with E-state index < -0.39 is 11.7 Å². The van der Waals surface area contributed by atoms with E-state index in [9.17, 15) is 9.18 Å². The minimum atomic E-state index is -0.416. The normalized spacial score (nSPS) is 9.83. The molecule has 23 heavy (non-hydrogen) atoms. The molecule has 1 amide bonds. The van der Waals surface area contributed by atoms with Gasteiger partial charge < -0.3 is 10.1 Å². The Balaban J connectivity index is 1.82. The Kier molecular flexibility index (Phi) is 5.87. The molecule has 2 rings (SSSR count). The molecule has 0 atom stereocenters. The van der Waals surface area contributed by atoms with Crippen LogP contribution in [0.2, 0.25) is 0 Å². The number of halogens is 1. The molecule has 0 fully saturated rings. The summed E-state index contributed by atoms with van der Waals surface area (Å²) in [5.41, 5.74) is 6.08. The van der Waals surface area contributed by atoms with Crippen molar-refractivity contribution in [3.8, 4) is 5.75 Å². The number of anilines is 1. The zero-order valence-corrected chi connectivity index (χ0v) is 13.2. The van der Waals surface area contributed by atoms with Gasteiger partial charge in [0.25, 0.3) is 5.91 Å². The Morgan fingerprint density at radius 1 is 1.09 bits per heavy atom. The number of carbonyl (C=O) groups excluding carboxylic acids is 1. The lowest BCUT2D eigenvalue weighted by molar-refractivity contribution is 0.0944. The lowest BCUT2D eigenvalue weighted by Crippen LogP contribution is -2.43. The van der Waals surface area contributed by atoms with Crippen molar-refractivity contribution < 1.29 is 13.9 Å². The Bertz CT molecular complexity index is 675. The molecule has 7 heteroatoms. The fourth-order valence-electron chi connectivity index (χ4n) is 1.75. The van der Waals surface area contributed by atoms with Gasteiger partial charge in [-0.3, -0.25) is 15.6 Å². The maximum absolute atomic E-state index is 12.8. The number of ether oxygens (including phenoxy) is 1. The van der Waals surface area contributed by atoms with E-state index in [0.29, 0.717) is 12.2 Å². The van der Waals surface area contributed by atoms with Crippen LogP contribution in [-0.4, -0.2) is 17.6 Å². The van der Waals surface area contributed by atoms with Gasteiger partial charge in [-0.15, -0.1) is 0 Å². The number of rotatable bonds is 4. The van der Waals surface area contributed by atoms with Crippen molar-refractivity contribution in [3.05, 3.63) is 59.9 Å². The fourth-order valence-corrected chi connectivity index (χ4v) is 1.92. The number of carbonyl (C=O) groups is 1. The van der Waals surface area contributed by atoms with Crippen LogP contribution < -0.4 is 20.9 Å². The third-order valence-electron chi connectivity index (χ3n) is 2.82. The third kappa shape index (κ3) is 5.23. The standard InChI is InChI=1S/C16H16FN3O2S/c1-2-22-14-9-7-13(8-10-14)18-16(23)20-19-15(21)11-3-5-12(17)6-4-11/h3-10H,2H2,1H3,(H,19,21)(H2,18,20,23). The topological polar surface area (TPSA) is 62.4 Å². The number of hydrazine groups is 1. The zero-order valence-electron chi connectivity index (χ0n) is 12.4. The number of nitrogens with one attached hydrogen (secondary N) is 3. The quantitative estimate of drug-likeness (QED) is 0.593. The number of hydrogen-bond donors (Lipinski definition) is 3. The summed E-state index contributed by atoms with van der Waals surface area (Å²) in [4.78, 5) is 11.8. The molecule has 0 spiro atoms. The molecule has 0 aliphatic heterocycles. The lowest BCUT2D eigenvalue weighted by Gasteiger charge is -2.12. The molecule has 0 aliphatic carbocycles. The molecule has 0 bridgehead atoms. The summed E-state index contributed by atoms with van der Waals surface area (Å²) in [5.74, 6) is -0.0513. The van der Waals surface area contributed by atoms with Crippen molar-refractivity contribution in [1.82, 2.24) is 10.9 Å². The molecule has 3 N–H and O–H groups in total. The van der Waals surface area contributed by atoms with Crippen molar-refractivity contribution in [2.24, 2.45) is 0 Å². The van der Waals surface area contributed by atoms with E-state index in [2.05, 4.69) is 16.2 Å². The van der Waals surface area contributed by atoms with Crippen LogP contribution in [0, 0.1) is 5.82 Å². The molecule has 0 aliphatic rings. The molecule has 0 radical (unpaired) electrons. The fraction of sp³-hybridized carbons (Fsp3) is 0.125. The van der Waals surface area contributed by atoms with E-state index in [1.807, 2.05) is 19.1 Å². The van der Waals surface area contributed by atoms with Gasteiger partial charge in [-0.25, -0.2) is 4.39 Å². The van der Waals surface area contributed by atoms with E-state index in [4.69, 9.17) is 17.0 Å². The summed E-state index contributed by atoms with van der Waals surface area (Å²) in [5, 5.41) is 3.14. The average molecular weight is 333 g/mol. The van der Waals surface area contributed by atoms with Gasteiger partial charge in [-0.1, -0.05) is 0 Å². The second kappa shape index (κ2) is 8.09. The van der Waals surface area contributed by atoms with Gasteiger partial charge in [0.15, 0.2) is 5.11 Å². The summed E-state index contributed by atoms with van der Waals surface area (Å²) in [6.07, 6.45) is 0. The second-order valence-electron chi connectivity index (χ2n) is 4.50. The first kappa shape index (κ1) is 16.7. The molecular formula is C16H16FN3O2S. The van der Waals surface area contributed by atoms with Crippen molar-refractivity contribution >= 4 is 28.9 Å². The van der Waals surface area contributed by atoms with E-state index >= 15 is 0 Å². The van der Waals surface area contributed by atoms with Crippen LogP contribution in [0.25, 0.3) is 0 Å². The predicted molar refractivity (Wildman–Crippen MR) is 90.8 cm³/mol. The van der Waals surface area contributed by atoms with E-state index in [-0.39, 0.29) is 5.11 Å². The summed E-state index contributed by atoms with van der Waals surface area (Å²) in [6.45, 7) is 2.51. The SMILES string of the molecule is CCOc1ccc(NC(=S)NNC(=O)c2ccc(F)cc2)cc1. The highest BCUT2D eigenvalue weighted by Crippen LogP contribution is 2.15. The number of amides is 1. The Morgan fingerprint density at radius 2 is 1.74 bits per heavy atom. The van der Waals surface area contributed by atoms with Crippen molar-refractivity contribution in [1.29, 1.82) is 0 Å². The van der Waals surface area contributed by atoms with E-state index in [1.54, 1.807) is 12.1 Å². The second-order valence-corrected chi connectivity index (χ2v) is 4.91. The highest BCUT2D eigenvalue weighted by atomic mass is 32.1. The summed E-state index contributed by atoms with van der Waals surface area (Å²) >= 11 is 5.08. The molecule has 120 valence electrons. The van der Waals surface area contributed by atoms with Gasteiger partial charge >= 0.3 is 0 Å². The maximum atomic E-state index is 12.8. The molecule has 0 heterocycles. The van der Waals surface area contributed by atoms with Crippen molar-refractivity contribution in [3.63, 3.8) is 0 Å². The molecule has 0 saturated carbocycles. The van der Waals surface area contributed by atoms with Gasteiger partial charge in [0.2, 0.25) is 0 Å². The van der Waals surface area contributed by atoms with Gasteiger partial charge in [-0.05, 0) is 67.7 Å². The largest absolute Gasteiger partial charge is 0.494 e. The van der Waals surface area contributed by atoms with Crippen LogP contribution in [0.15, 0.2) is 48.5 Å². The molecule has 0 unspecified atom stereocenters. The first-order valence-electron chi connectivity index (χ1n) is 6.94. The molecule has 2 aromatic carbocycles. The first-order chi connectivity index (χ1) is 11.1. The third-order valence-corrected chi connectivity index (χ3v) is 3.02. The van der Waals surface area contributed by atoms with Crippen LogP contribution in [0.1, 0.15) is 17.3 Å². The monoisotopic (exact) mass is 333 g/mol. The van der Waals surface area contributed by atoms with Crippen LogP contribution in [0.4, 0.5) is 10.1 Å². The minimum Gasteiger partial charge on any atom is -0.494 e. The Hall–Kier alpha value is -2.67. The number of hydrogen-bond acceptors (Lipinski definition) is 3. The first-order valence-corrected chi connectivity index (χ1v) is 7.35. The maximum Gasteiger partial charge on any atom is 0.269 e. The van der Waals surface area contributed by atoms with Gasteiger partial charge in [-0.2, -0.15) is 0 Å². The molecule has 0 aromatic heterocycles. The van der Waals surface area contributed by atoms with E-state index in [1.165, 1.54) is 24.3 Å². The van der Waals surface area contributed by atoms with Gasteiger partial charge in [0, 0.05) is 11.3 Å². The highest BCUT2D eigenvalue weighted by molar-refractivity contribution is 7.80. The van der Waals surface area contributed by atoms with Gasteiger partial charge in [0.1, 0.15) is 11.6 Å². The van der Waals surface area contributed by atoms with Crippen molar-refractivity contribution in [2.45, 2.75) is 6.92 Å². The number of benzene rings is 2. The molecule has 5 nitrogen and oxygen atoms in total.